The third-order valence-electron chi connectivity index (χ3n) is 2.09. The van der Waals surface area contributed by atoms with Crippen LogP contribution in [-0.2, 0) is 0 Å². The van der Waals surface area contributed by atoms with Crippen LogP contribution in [0.5, 0.6) is 0 Å². The second-order valence-electron chi connectivity index (χ2n) is 3.00. The summed E-state index contributed by atoms with van der Waals surface area (Å²) < 4.78 is 0. The number of hydrogen-bond acceptors (Lipinski definition) is 2. The first kappa shape index (κ1) is 9.11. The van der Waals surface area contributed by atoms with E-state index in [4.69, 9.17) is 0 Å². The van der Waals surface area contributed by atoms with Crippen LogP contribution in [0.15, 0.2) is 4.99 Å². The van der Waals surface area contributed by atoms with Gasteiger partial charge >= 0.3 is 0 Å². The number of thioether (sulfide) groups is 1. The van der Waals surface area contributed by atoms with Gasteiger partial charge in [-0.2, -0.15) is 0 Å². The van der Waals surface area contributed by atoms with E-state index in [9.17, 15) is 0 Å². The SMILES string of the molecule is CCSC=NC1CCCCC1. The highest BCUT2D eigenvalue weighted by Gasteiger charge is 2.10. The van der Waals surface area contributed by atoms with Gasteiger partial charge in [-0.15, -0.1) is 11.8 Å². The standard InChI is InChI=1S/C9H17NS/c1-2-11-8-10-9-6-4-3-5-7-9/h8-9H,2-7H2,1H3. The molecule has 0 radical (unpaired) electrons. The van der Waals surface area contributed by atoms with Crippen LogP contribution < -0.4 is 0 Å². The number of aliphatic imine (C=N–C) groups is 1. The van der Waals surface area contributed by atoms with Crippen LogP contribution in [0.2, 0.25) is 0 Å². The van der Waals surface area contributed by atoms with E-state index in [0.29, 0.717) is 6.04 Å². The third-order valence-corrected chi connectivity index (χ3v) is 2.69. The Balaban J connectivity index is 2.13. The topological polar surface area (TPSA) is 12.4 Å². The highest BCUT2D eigenvalue weighted by atomic mass is 32.2. The maximum atomic E-state index is 4.51. The molecule has 0 bridgehead atoms. The number of rotatable bonds is 3. The highest BCUT2D eigenvalue weighted by molar-refractivity contribution is 8.12. The predicted molar refractivity (Wildman–Crippen MR) is 53.5 cm³/mol. The van der Waals surface area contributed by atoms with Crippen LogP contribution in [0.4, 0.5) is 0 Å². The maximum Gasteiger partial charge on any atom is 0.0544 e. The minimum atomic E-state index is 0.655. The van der Waals surface area contributed by atoms with Crippen molar-refractivity contribution in [3.63, 3.8) is 0 Å². The lowest BCUT2D eigenvalue weighted by atomic mass is 9.96. The first-order valence-corrected chi connectivity index (χ1v) is 5.61. The lowest BCUT2D eigenvalue weighted by Crippen LogP contribution is -2.08. The van der Waals surface area contributed by atoms with E-state index in [1.807, 2.05) is 17.3 Å². The molecule has 1 aliphatic rings. The lowest BCUT2D eigenvalue weighted by Gasteiger charge is -2.16. The summed E-state index contributed by atoms with van der Waals surface area (Å²) in [6.07, 6.45) is 6.84. The van der Waals surface area contributed by atoms with Gasteiger partial charge in [-0.05, 0) is 18.6 Å². The summed E-state index contributed by atoms with van der Waals surface area (Å²) in [7, 11) is 0. The molecule has 2 heteroatoms. The quantitative estimate of drug-likeness (QED) is 0.469. The van der Waals surface area contributed by atoms with E-state index in [2.05, 4.69) is 11.9 Å². The zero-order valence-electron chi connectivity index (χ0n) is 7.25. The molecular weight excluding hydrogens is 154 g/mol. The normalized spacial score (nSPS) is 21.2. The average molecular weight is 171 g/mol. The first-order chi connectivity index (χ1) is 5.43. The summed E-state index contributed by atoms with van der Waals surface area (Å²) in [6, 6.07) is 0.655. The molecule has 0 aromatic heterocycles. The van der Waals surface area contributed by atoms with Gasteiger partial charge in [0, 0.05) is 0 Å². The fourth-order valence-electron chi connectivity index (χ4n) is 1.43. The molecular formula is C9H17NS. The van der Waals surface area contributed by atoms with E-state index in [1.54, 1.807) is 0 Å². The van der Waals surface area contributed by atoms with Crippen molar-refractivity contribution in [1.29, 1.82) is 0 Å². The largest absolute Gasteiger partial charge is 0.283 e. The molecule has 0 aromatic carbocycles. The Bertz CT molecular complexity index is 117. The van der Waals surface area contributed by atoms with Crippen LogP contribution in [0.25, 0.3) is 0 Å². The van der Waals surface area contributed by atoms with Crippen molar-refractivity contribution in [1.82, 2.24) is 0 Å². The molecule has 0 saturated heterocycles. The Morgan fingerprint density at radius 1 is 1.36 bits per heavy atom. The van der Waals surface area contributed by atoms with Gasteiger partial charge in [0.25, 0.3) is 0 Å². The van der Waals surface area contributed by atoms with Crippen molar-refractivity contribution in [2.75, 3.05) is 5.75 Å². The Morgan fingerprint density at radius 2 is 2.09 bits per heavy atom. The van der Waals surface area contributed by atoms with Crippen LogP contribution in [0.3, 0.4) is 0 Å². The lowest BCUT2D eigenvalue weighted by molar-refractivity contribution is 0.445. The Labute approximate surface area is 73.7 Å². The zero-order chi connectivity index (χ0) is 7.94. The third kappa shape index (κ3) is 3.80. The van der Waals surface area contributed by atoms with Crippen molar-refractivity contribution in [2.45, 2.75) is 45.1 Å². The molecule has 1 nitrogen and oxygen atoms in total. The van der Waals surface area contributed by atoms with Crippen molar-refractivity contribution in [3.05, 3.63) is 0 Å². The molecule has 1 saturated carbocycles. The summed E-state index contributed by atoms with van der Waals surface area (Å²) in [4.78, 5) is 4.51. The zero-order valence-corrected chi connectivity index (χ0v) is 8.07. The minimum Gasteiger partial charge on any atom is -0.283 e. The Hall–Kier alpha value is 0.0200. The van der Waals surface area contributed by atoms with Gasteiger partial charge in [0.2, 0.25) is 0 Å². The molecule has 0 aromatic rings. The maximum absolute atomic E-state index is 4.51. The van der Waals surface area contributed by atoms with Crippen LogP contribution >= 0.6 is 11.8 Å². The summed E-state index contributed by atoms with van der Waals surface area (Å²) >= 11 is 1.81. The molecule has 1 rings (SSSR count). The van der Waals surface area contributed by atoms with E-state index in [0.717, 1.165) is 5.75 Å². The van der Waals surface area contributed by atoms with E-state index >= 15 is 0 Å². The molecule has 1 fully saturated rings. The van der Waals surface area contributed by atoms with E-state index < -0.39 is 0 Å². The molecule has 0 unspecified atom stereocenters. The molecule has 64 valence electrons. The van der Waals surface area contributed by atoms with E-state index in [1.165, 1.54) is 32.1 Å². The highest BCUT2D eigenvalue weighted by Crippen LogP contribution is 2.20. The molecule has 11 heavy (non-hydrogen) atoms. The van der Waals surface area contributed by atoms with Crippen LogP contribution in [-0.4, -0.2) is 17.3 Å². The summed E-state index contributed by atoms with van der Waals surface area (Å²) in [5, 5.41) is 0. The summed E-state index contributed by atoms with van der Waals surface area (Å²) in [6.45, 7) is 2.16. The Morgan fingerprint density at radius 3 is 2.73 bits per heavy atom. The fourth-order valence-corrected chi connectivity index (χ4v) is 1.84. The smallest absolute Gasteiger partial charge is 0.0544 e. The van der Waals surface area contributed by atoms with Crippen LogP contribution in [0, 0.1) is 0 Å². The molecule has 0 aliphatic heterocycles. The van der Waals surface area contributed by atoms with Gasteiger partial charge in [-0.3, -0.25) is 4.99 Å². The van der Waals surface area contributed by atoms with Gasteiger partial charge in [0.15, 0.2) is 0 Å². The summed E-state index contributed by atoms with van der Waals surface area (Å²) in [5.41, 5.74) is 2.04. The van der Waals surface area contributed by atoms with Gasteiger partial charge in [-0.1, -0.05) is 26.2 Å². The van der Waals surface area contributed by atoms with Gasteiger partial charge in [0.1, 0.15) is 0 Å². The predicted octanol–water partition coefficient (Wildman–Crippen LogP) is 3.10. The molecule has 0 heterocycles. The molecule has 0 spiro atoms. The molecule has 1 aliphatic carbocycles. The minimum absolute atomic E-state index is 0.655. The first-order valence-electron chi connectivity index (χ1n) is 4.56. The van der Waals surface area contributed by atoms with Crippen molar-refractivity contribution >= 4 is 17.3 Å². The number of hydrogen-bond donors (Lipinski definition) is 0. The monoisotopic (exact) mass is 171 g/mol. The van der Waals surface area contributed by atoms with Gasteiger partial charge in [0.05, 0.1) is 11.6 Å². The molecule has 0 amide bonds. The number of nitrogens with zero attached hydrogens (tertiary/aromatic N) is 1. The Kier molecular flexibility index (Phi) is 4.67. The van der Waals surface area contributed by atoms with Crippen LogP contribution in [0.1, 0.15) is 39.0 Å². The van der Waals surface area contributed by atoms with Crippen molar-refractivity contribution in [3.8, 4) is 0 Å². The van der Waals surface area contributed by atoms with Crippen molar-refractivity contribution in [2.24, 2.45) is 4.99 Å². The fraction of sp³-hybridized carbons (Fsp3) is 0.889. The average Bonchev–Trinajstić information content (AvgIpc) is 2.07. The molecule has 0 atom stereocenters. The van der Waals surface area contributed by atoms with Gasteiger partial charge in [-0.25, -0.2) is 0 Å². The van der Waals surface area contributed by atoms with E-state index in [-0.39, 0.29) is 0 Å². The second-order valence-corrected chi connectivity index (χ2v) is 4.12. The van der Waals surface area contributed by atoms with Gasteiger partial charge < -0.3 is 0 Å². The second kappa shape index (κ2) is 5.64. The summed E-state index contributed by atoms with van der Waals surface area (Å²) in [5.74, 6) is 1.15. The van der Waals surface area contributed by atoms with Crippen molar-refractivity contribution < 1.29 is 0 Å². The molecule has 0 N–H and O–H groups in total.